The van der Waals surface area contributed by atoms with Gasteiger partial charge in [-0.2, -0.15) is 0 Å². The molecule has 6 heteroatoms. The second kappa shape index (κ2) is 8.34. The zero-order valence-corrected chi connectivity index (χ0v) is 15.0. The van der Waals surface area contributed by atoms with Crippen LogP contribution in [0.4, 0.5) is 0 Å². The first kappa shape index (κ1) is 17.7. The molecular formula is C19H17ClN2O2S. The molecule has 3 aromatic rings. The van der Waals surface area contributed by atoms with Crippen LogP contribution in [0.2, 0.25) is 5.02 Å². The molecule has 0 atom stereocenters. The van der Waals surface area contributed by atoms with Gasteiger partial charge in [0.1, 0.15) is 0 Å². The van der Waals surface area contributed by atoms with Crippen LogP contribution in [0.1, 0.15) is 11.1 Å². The van der Waals surface area contributed by atoms with Crippen molar-refractivity contribution in [3.8, 4) is 11.3 Å². The maximum atomic E-state index is 12.5. The fraction of sp³-hybridized carbons (Fsp3) is 0.158. The summed E-state index contributed by atoms with van der Waals surface area (Å²) in [6, 6.07) is 17.2. The zero-order chi connectivity index (χ0) is 17.6. The summed E-state index contributed by atoms with van der Waals surface area (Å²) in [5.41, 5.74) is 2.81. The van der Waals surface area contributed by atoms with Gasteiger partial charge in [-0.3, -0.25) is 4.79 Å². The quantitative estimate of drug-likeness (QED) is 0.508. The third-order valence-corrected chi connectivity index (χ3v) is 4.89. The molecule has 0 aliphatic rings. The Morgan fingerprint density at radius 1 is 1.08 bits per heavy atom. The molecule has 2 N–H and O–H groups in total. The summed E-state index contributed by atoms with van der Waals surface area (Å²) in [5.74, 6) is 0.711. The second-order valence-electron chi connectivity index (χ2n) is 5.45. The summed E-state index contributed by atoms with van der Waals surface area (Å²) >= 11 is 7.42. The molecule has 128 valence electrons. The third kappa shape index (κ3) is 4.51. The molecule has 1 aromatic heterocycles. The van der Waals surface area contributed by atoms with E-state index >= 15 is 0 Å². The average Bonchev–Trinajstić information content (AvgIpc) is 2.63. The van der Waals surface area contributed by atoms with Crippen molar-refractivity contribution in [1.82, 2.24) is 9.97 Å². The van der Waals surface area contributed by atoms with E-state index in [2.05, 4.69) is 9.97 Å². The van der Waals surface area contributed by atoms with Gasteiger partial charge in [0.25, 0.3) is 5.56 Å². The number of benzene rings is 2. The maximum Gasteiger partial charge on any atom is 0.255 e. The third-order valence-electron chi connectivity index (χ3n) is 3.69. The molecular weight excluding hydrogens is 356 g/mol. The zero-order valence-electron chi connectivity index (χ0n) is 13.4. The van der Waals surface area contributed by atoms with E-state index in [9.17, 15) is 9.90 Å². The smallest absolute Gasteiger partial charge is 0.255 e. The van der Waals surface area contributed by atoms with Crippen molar-refractivity contribution < 1.29 is 5.11 Å². The van der Waals surface area contributed by atoms with Crippen LogP contribution in [0, 0.1) is 0 Å². The van der Waals surface area contributed by atoms with E-state index in [0.717, 1.165) is 11.1 Å². The minimum atomic E-state index is -0.218. The normalized spacial score (nSPS) is 10.8. The molecule has 0 aliphatic carbocycles. The molecule has 0 saturated heterocycles. The molecule has 0 aliphatic heterocycles. The van der Waals surface area contributed by atoms with Crippen LogP contribution >= 0.6 is 23.4 Å². The fourth-order valence-electron chi connectivity index (χ4n) is 2.46. The molecule has 3 rings (SSSR count). The Bertz CT molecular complexity index is 896. The van der Waals surface area contributed by atoms with E-state index in [1.165, 1.54) is 11.8 Å². The van der Waals surface area contributed by atoms with Gasteiger partial charge in [-0.05, 0) is 17.7 Å². The maximum absolute atomic E-state index is 12.5. The summed E-state index contributed by atoms with van der Waals surface area (Å²) in [5, 5.41) is 10.5. The first-order valence-electron chi connectivity index (χ1n) is 7.84. The van der Waals surface area contributed by atoms with Gasteiger partial charge in [-0.1, -0.05) is 65.8 Å². The van der Waals surface area contributed by atoms with Gasteiger partial charge in [0.05, 0.1) is 5.69 Å². The molecule has 0 unspecified atom stereocenters. The summed E-state index contributed by atoms with van der Waals surface area (Å²) in [6.45, 7) is -0.109. The molecule has 0 amide bonds. The van der Waals surface area contributed by atoms with E-state index in [4.69, 9.17) is 11.6 Å². The van der Waals surface area contributed by atoms with Crippen molar-refractivity contribution in [3.63, 3.8) is 0 Å². The lowest BCUT2D eigenvalue weighted by Gasteiger charge is -2.10. The van der Waals surface area contributed by atoms with Crippen molar-refractivity contribution in [3.05, 3.63) is 81.1 Å². The Morgan fingerprint density at radius 2 is 1.80 bits per heavy atom. The highest BCUT2D eigenvalue weighted by Crippen LogP contribution is 2.25. The predicted molar refractivity (Wildman–Crippen MR) is 102 cm³/mol. The number of nitrogens with one attached hydrogen (secondary N) is 1. The number of nitrogens with zero attached hydrogens (tertiary/aromatic N) is 1. The number of rotatable bonds is 6. The number of aromatic amines is 1. The topological polar surface area (TPSA) is 66.0 Å². The first-order chi connectivity index (χ1) is 12.2. The Balaban J connectivity index is 1.95. The molecule has 0 fully saturated rings. The molecule has 0 spiro atoms. The summed E-state index contributed by atoms with van der Waals surface area (Å²) in [4.78, 5) is 19.9. The minimum Gasteiger partial charge on any atom is -0.396 e. The number of halogens is 1. The Hall–Kier alpha value is -2.08. The minimum absolute atomic E-state index is 0.109. The molecule has 0 saturated carbocycles. The van der Waals surface area contributed by atoms with Crippen LogP contribution in [0.5, 0.6) is 0 Å². The largest absolute Gasteiger partial charge is 0.396 e. The highest BCUT2D eigenvalue weighted by molar-refractivity contribution is 7.98. The number of thioether (sulfide) groups is 1. The van der Waals surface area contributed by atoms with Gasteiger partial charge >= 0.3 is 0 Å². The van der Waals surface area contributed by atoms with Crippen LogP contribution in [0.15, 0.2) is 64.5 Å². The molecule has 4 nitrogen and oxygen atoms in total. The van der Waals surface area contributed by atoms with Crippen LogP contribution < -0.4 is 5.56 Å². The van der Waals surface area contributed by atoms with Crippen LogP contribution in [0.25, 0.3) is 11.3 Å². The highest BCUT2D eigenvalue weighted by atomic mass is 35.5. The molecule has 2 aromatic carbocycles. The number of aliphatic hydroxyl groups is 1. The number of hydrogen-bond acceptors (Lipinski definition) is 4. The van der Waals surface area contributed by atoms with Gasteiger partial charge in [-0.25, -0.2) is 4.98 Å². The van der Waals surface area contributed by atoms with Gasteiger partial charge in [0.15, 0.2) is 5.16 Å². The molecule has 0 radical (unpaired) electrons. The van der Waals surface area contributed by atoms with Gasteiger partial charge in [0.2, 0.25) is 0 Å². The van der Waals surface area contributed by atoms with Crippen molar-refractivity contribution in [2.45, 2.75) is 17.3 Å². The summed E-state index contributed by atoms with van der Waals surface area (Å²) in [6.07, 6.45) is 0.254. The SMILES string of the molecule is O=c1[nH]c(SCc2ccccc2)nc(-c2ccc(Cl)cc2)c1CCO. The lowest BCUT2D eigenvalue weighted by atomic mass is 10.1. The Kier molecular flexibility index (Phi) is 5.91. The van der Waals surface area contributed by atoms with Gasteiger partial charge < -0.3 is 10.1 Å². The Labute approximate surface area is 154 Å². The Morgan fingerprint density at radius 3 is 2.48 bits per heavy atom. The second-order valence-corrected chi connectivity index (χ2v) is 6.85. The van der Waals surface area contributed by atoms with E-state index in [0.29, 0.717) is 27.2 Å². The van der Waals surface area contributed by atoms with E-state index in [1.807, 2.05) is 42.5 Å². The number of aliphatic hydroxyl groups excluding tert-OH is 1. The molecule has 25 heavy (non-hydrogen) atoms. The van der Waals surface area contributed by atoms with Crippen molar-refractivity contribution >= 4 is 23.4 Å². The number of hydrogen-bond donors (Lipinski definition) is 2. The highest BCUT2D eigenvalue weighted by Gasteiger charge is 2.13. The fourth-order valence-corrected chi connectivity index (χ4v) is 3.40. The van der Waals surface area contributed by atoms with Crippen molar-refractivity contribution in [1.29, 1.82) is 0 Å². The van der Waals surface area contributed by atoms with Crippen LogP contribution in [-0.4, -0.2) is 21.7 Å². The number of aromatic nitrogens is 2. The van der Waals surface area contributed by atoms with E-state index in [1.54, 1.807) is 12.1 Å². The summed E-state index contributed by atoms with van der Waals surface area (Å²) < 4.78 is 0. The monoisotopic (exact) mass is 372 g/mol. The van der Waals surface area contributed by atoms with Gasteiger partial charge in [0, 0.05) is 34.9 Å². The average molecular weight is 373 g/mol. The summed E-state index contributed by atoms with van der Waals surface area (Å²) in [7, 11) is 0. The molecule has 1 heterocycles. The lowest BCUT2D eigenvalue weighted by Crippen LogP contribution is -2.18. The van der Waals surface area contributed by atoms with E-state index < -0.39 is 0 Å². The first-order valence-corrected chi connectivity index (χ1v) is 9.20. The van der Waals surface area contributed by atoms with Gasteiger partial charge in [-0.15, -0.1) is 0 Å². The lowest BCUT2D eigenvalue weighted by molar-refractivity contribution is 0.299. The molecule has 0 bridgehead atoms. The predicted octanol–water partition coefficient (Wildman–Crippen LogP) is 3.92. The standard InChI is InChI=1S/C19H17ClN2O2S/c20-15-8-6-14(7-9-15)17-16(10-11-23)18(24)22-19(21-17)25-12-13-4-2-1-3-5-13/h1-9,23H,10-12H2,(H,21,22,24). The van der Waals surface area contributed by atoms with Crippen LogP contribution in [-0.2, 0) is 12.2 Å². The van der Waals surface area contributed by atoms with Crippen LogP contribution in [0.3, 0.4) is 0 Å². The van der Waals surface area contributed by atoms with Crippen molar-refractivity contribution in [2.24, 2.45) is 0 Å². The van der Waals surface area contributed by atoms with Crippen molar-refractivity contribution in [2.75, 3.05) is 6.61 Å². The number of H-pyrrole nitrogens is 1. The van der Waals surface area contributed by atoms with E-state index in [-0.39, 0.29) is 18.6 Å².